The average Bonchev–Trinajstić information content (AvgIpc) is 2.17. The molecule has 0 aromatic rings. The summed E-state index contributed by atoms with van der Waals surface area (Å²) in [7, 11) is 0. The Morgan fingerprint density at radius 2 is 2.00 bits per heavy atom. The molecule has 2 aliphatic rings. The predicted octanol–water partition coefficient (Wildman–Crippen LogP) is 2.26. The Balaban J connectivity index is 0.000000980. The van der Waals surface area contributed by atoms with Gasteiger partial charge in [0.15, 0.2) is 0 Å². The van der Waals surface area contributed by atoms with Gasteiger partial charge in [0.1, 0.15) is 0 Å². The maximum Gasteiger partial charge on any atom is 0.306 e. The monoisotopic (exact) mass is 214 g/mol. The van der Waals surface area contributed by atoms with Crippen molar-refractivity contribution >= 4 is 5.97 Å². The molecule has 88 valence electrons. The van der Waals surface area contributed by atoms with Crippen LogP contribution < -0.4 is 0 Å². The lowest BCUT2D eigenvalue weighted by Gasteiger charge is -2.36. The van der Waals surface area contributed by atoms with Gasteiger partial charge in [0.05, 0.1) is 5.92 Å². The van der Waals surface area contributed by atoms with E-state index in [1.54, 1.807) is 0 Å². The molecule has 0 spiro atoms. The van der Waals surface area contributed by atoms with Gasteiger partial charge in [-0.1, -0.05) is 26.0 Å². The Kier molecular flexibility index (Phi) is 5.58. The van der Waals surface area contributed by atoms with Crippen molar-refractivity contribution in [3.05, 3.63) is 12.2 Å². The highest BCUT2D eigenvalue weighted by atomic mass is 16.4. The summed E-state index contributed by atoms with van der Waals surface area (Å²) in [6, 6.07) is 0. The maximum absolute atomic E-state index is 11.0. The molecule has 1 saturated carbocycles. The first-order valence-electron chi connectivity index (χ1n) is 5.18. The van der Waals surface area contributed by atoms with Crippen molar-refractivity contribution in [1.82, 2.24) is 0 Å². The number of hydrogen-bond acceptors (Lipinski definition) is 1. The zero-order valence-corrected chi connectivity index (χ0v) is 8.28. The molecule has 0 aliphatic heterocycles. The van der Waals surface area contributed by atoms with Gasteiger partial charge < -0.3 is 10.6 Å². The number of rotatable bonds is 1. The first-order chi connectivity index (χ1) is 6.29. The largest absolute Gasteiger partial charge is 0.481 e. The molecule has 0 bridgehead atoms. The van der Waals surface area contributed by atoms with E-state index < -0.39 is 5.97 Å². The van der Waals surface area contributed by atoms with Crippen LogP contribution in [0.2, 0.25) is 0 Å². The van der Waals surface area contributed by atoms with Crippen molar-refractivity contribution in [3.63, 3.8) is 0 Å². The zero-order valence-electron chi connectivity index (χ0n) is 8.28. The summed E-state index contributed by atoms with van der Waals surface area (Å²) in [5.41, 5.74) is 0. The van der Waals surface area contributed by atoms with Gasteiger partial charge in [-0.2, -0.15) is 0 Å². The van der Waals surface area contributed by atoms with E-state index in [9.17, 15) is 4.79 Å². The predicted molar refractivity (Wildman–Crippen MR) is 60.7 cm³/mol. The molecule has 3 heteroatoms. The van der Waals surface area contributed by atoms with E-state index >= 15 is 0 Å². The van der Waals surface area contributed by atoms with Gasteiger partial charge in [0.2, 0.25) is 0 Å². The lowest BCUT2D eigenvalue weighted by molar-refractivity contribution is -0.145. The molecule has 0 aromatic heterocycles. The second kappa shape index (κ2) is 5.91. The Labute approximate surface area is 91.5 Å². The lowest BCUT2D eigenvalue weighted by Crippen LogP contribution is -2.33. The lowest BCUT2D eigenvalue weighted by atomic mass is 9.68. The second-order valence-corrected chi connectivity index (χ2v) is 4.21. The van der Waals surface area contributed by atoms with Crippen LogP contribution in [-0.2, 0) is 4.79 Å². The van der Waals surface area contributed by atoms with E-state index in [-0.39, 0.29) is 18.8 Å². The molecule has 1 fully saturated rings. The van der Waals surface area contributed by atoms with Gasteiger partial charge in [-0.15, -0.1) is 0 Å². The van der Waals surface area contributed by atoms with Crippen LogP contribution >= 0.6 is 0 Å². The van der Waals surface area contributed by atoms with E-state index in [0.29, 0.717) is 11.8 Å². The fourth-order valence-electron chi connectivity index (χ4n) is 2.82. The molecule has 0 saturated heterocycles. The highest BCUT2D eigenvalue weighted by molar-refractivity contribution is 5.70. The number of fused-ring (bicyclic) bond motifs is 1. The summed E-state index contributed by atoms with van der Waals surface area (Å²) >= 11 is 0. The van der Waals surface area contributed by atoms with E-state index in [4.69, 9.17) is 5.11 Å². The summed E-state index contributed by atoms with van der Waals surface area (Å²) in [4.78, 5) is 11.0. The fourth-order valence-corrected chi connectivity index (χ4v) is 2.82. The number of allylic oxidation sites excluding steroid dienone is 2. The van der Waals surface area contributed by atoms with Crippen LogP contribution in [0.5, 0.6) is 0 Å². The summed E-state index contributed by atoms with van der Waals surface area (Å²) < 4.78 is 0. The van der Waals surface area contributed by atoms with E-state index in [2.05, 4.69) is 12.2 Å². The standard InChI is InChI=1S/C11H16O2.CH4.H2O/c12-11(13)10-7-3-5-8-4-1-2-6-9(8)10;;/h1,4,8-10H,2-3,5-7H2,(H,12,13);1H4;1H2. The van der Waals surface area contributed by atoms with Crippen molar-refractivity contribution in [1.29, 1.82) is 0 Å². The first-order valence-corrected chi connectivity index (χ1v) is 5.18. The Morgan fingerprint density at radius 1 is 1.27 bits per heavy atom. The Bertz CT molecular complexity index is 235. The van der Waals surface area contributed by atoms with Gasteiger partial charge in [0.25, 0.3) is 0 Å². The number of aliphatic carboxylic acids is 1. The first kappa shape index (κ1) is 14.2. The van der Waals surface area contributed by atoms with Crippen LogP contribution in [0, 0.1) is 17.8 Å². The maximum atomic E-state index is 11.0. The summed E-state index contributed by atoms with van der Waals surface area (Å²) in [5.74, 6) is 0.341. The third kappa shape index (κ3) is 2.81. The third-order valence-electron chi connectivity index (χ3n) is 3.49. The second-order valence-electron chi connectivity index (χ2n) is 4.21. The van der Waals surface area contributed by atoms with Crippen molar-refractivity contribution in [2.45, 2.75) is 39.5 Å². The Hall–Kier alpha value is -0.830. The van der Waals surface area contributed by atoms with Gasteiger partial charge in [0, 0.05) is 0 Å². The molecule has 0 aromatic carbocycles. The van der Waals surface area contributed by atoms with Gasteiger partial charge in [-0.3, -0.25) is 4.79 Å². The summed E-state index contributed by atoms with van der Waals surface area (Å²) in [6.07, 6.45) is 9.79. The number of carboxylic acids is 1. The van der Waals surface area contributed by atoms with Crippen LogP contribution in [-0.4, -0.2) is 16.6 Å². The van der Waals surface area contributed by atoms with Crippen LogP contribution in [0.3, 0.4) is 0 Å². The molecule has 15 heavy (non-hydrogen) atoms. The minimum absolute atomic E-state index is 0. The van der Waals surface area contributed by atoms with E-state index in [0.717, 1.165) is 25.7 Å². The van der Waals surface area contributed by atoms with Gasteiger partial charge in [-0.25, -0.2) is 0 Å². The topological polar surface area (TPSA) is 68.8 Å². The molecule has 2 aliphatic carbocycles. The molecule has 3 atom stereocenters. The molecule has 3 unspecified atom stereocenters. The van der Waals surface area contributed by atoms with Gasteiger partial charge in [-0.05, 0) is 37.5 Å². The highest BCUT2D eigenvalue weighted by Gasteiger charge is 2.36. The third-order valence-corrected chi connectivity index (χ3v) is 3.49. The van der Waals surface area contributed by atoms with Crippen molar-refractivity contribution in [3.8, 4) is 0 Å². The van der Waals surface area contributed by atoms with Gasteiger partial charge >= 0.3 is 5.97 Å². The number of hydrogen-bond donors (Lipinski definition) is 1. The van der Waals surface area contributed by atoms with Crippen molar-refractivity contribution in [2.75, 3.05) is 0 Å². The number of carboxylic acid groups (broad SMARTS) is 1. The van der Waals surface area contributed by atoms with Crippen LogP contribution in [0.15, 0.2) is 12.2 Å². The molecule has 3 N–H and O–H groups in total. The molecule has 2 rings (SSSR count). The van der Waals surface area contributed by atoms with Crippen LogP contribution in [0.25, 0.3) is 0 Å². The fraction of sp³-hybridized carbons (Fsp3) is 0.750. The van der Waals surface area contributed by atoms with E-state index in [1.807, 2.05) is 0 Å². The average molecular weight is 214 g/mol. The quantitative estimate of drug-likeness (QED) is 0.680. The smallest absolute Gasteiger partial charge is 0.306 e. The highest BCUT2D eigenvalue weighted by Crippen LogP contribution is 2.40. The van der Waals surface area contributed by atoms with Crippen LogP contribution in [0.1, 0.15) is 39.5 Å². The molecular weight excluding hydrogens is 192 g/mol. The summed E-state index contributed by atoms with van der Waals surface area (Å²) in [6.45, 7) is 0. The van der Waals surface area contributed by atoms with Crippen molar-refractivity contribution < 1.29 is 15.4 Å². The van der Waals surface area contributed by atoms with Crippen LogP contribution in [0.4, 0.5) is 0 Å². The summed E-state index contributed by atoms with van der Waals surface area (Å²) in [5, 5.41) is 9.05. The molecule has 0 radical (unpaired) electrons. The molecule has 3 nitrogen and oxygen atoms in total. The molecular formula is C12H22O3. The SMILES string of the molecule is C.O.O=C(O)C1CCCC2C=CCCC21. The van der Waals surface area contributed by atoms with E-state index in [1.165, 1.54) is 6.42 Å². The minimum atomic E-state index is -0.579. The number of carbonyl (C=O) groups is 1. The Morgan fingerprint density at radius 3 is 2.67 bits per heavy atom. The van der Waals surface area contributed by atoms with Crippen molar-refractivity contribution in [2.24, 2.45) is 17.8 Å². The molecule has 0 amide bonds. The zero-order chi connectivity index (χ0) is 9.26. The normalized spacial score (nSPS) is 33.2. The molecule has 0 heterocycles. The minimum Gasteiger partial charge on any atom is -0.481 e.